The van der Waals surface area contributed by atoms with Crippen LogP contribution >= 0.6 is 0 Å². The van der Waals surface area contributed by atoms with Gasteiger partial charge in [-0.1, -0.05) is 25.9 Å². The van der Waals surface area contributed by atoms with Crippen molar-refractivity contribution in [1.82, 2.24) is 15.4 Å². The fourth-order valence-electron chi connectivity index (χ4n) is 2.47. The fourth-order valence-corrected chi connectivity index (χ4v) is 2.47. The van der Waals surface area contributed by atoms with Gasteiger partial charge in [0.2, 0.25) is 0 Å². The maximum absolute atomic E-state index is 5.36. The molecule has 1 aliphatic heterocycles. The topological polar surface area (TPSA) is 53.7 Å². The molecule has 1 N–H and O–H groups in total. The Labute approximate surface area is 127 Å². The number of piperidine rings is 1. The molecule has 1 aliphatic rings. The van der Waals surface area contributed by atoms with Crippen molar-refractivity contribution in [3.63, 3.8) is 0 Å². The number of hydrogen-bond acceptors (Lipinski definition) is 3. The molecule has 0 amide bonds. The summed E-state index contributed by atoms with van der Waals surface area (Å²) in [5.41, 5.74) is 0.997. The summed E-state index contributed by atoms with van der Waals surface area (Å²) in [4.78, 5) is 7.05. The van der Waals surface area contributed by atoms with Crippen LogP contribution in [-0.4, -0.2) is 35.7 Å². The highest BCUT2D eigenvalue weighted by Gasteiger charge is 2.18. The van der Waals surface area contributed by atoms with E-state index in [0.29, 0.717) is 12.5 Å². The zero-order valence-electron chi connectivity index (χ0n) is 13.7. The van der Waals surface area contributed by atoms with Crippen LogP contribution in [0.5, 0.6) is 0 Å². The van der Waals surface area contributed by atoms with E-state index in [1.807, 2.05) is 6.07 Å². The van der Waals surface area contributed by atoms with Crippen molar-refractivity contribution in [2.45, 2.75) is 53.0 Å². The van der Waals surface area contributed by atoms with Gasteiger partial charge in [-0.15, -0.1) is 0 Å². The second-order valence-corrected chi connectivity index (χ2v) is 6.21. The third-order valence-corrected chi connectivity index (χ3v) is 3.97. The van der Waals surface area contributed by atoms with Gasteiger partial charge in [-0.3, -0.25) is 0 Å². The molecule has 0 radical (unpaired) electrons. The first-order valence-corrected chi connectivity index (χ1v) is 8.08. The standard InChI is InChI=1S/C16H28N4O/c1-5-17-16(20-8-6-13(4)7-9-20)18-11-14-10-15(12(2)3)19-21-14/h10,12-13H,5-9,11H2,1-4H3,(H,17,18). The van der Waals surface area contributed by atoms with E-state index < -0.39 is 0 Å². The van der Waals surface area contributed by atoms with E-state index in [2.05, 4.69) is 43.1 Å². The average molecular weight is 292 g/mol. The number of aliphatic imine (C=N–C) groups is 1. The highest BCUT2D eigenvalue weighted by molar-refractivity contribution is 5.80. The molecule has 1 aromatic rings. The molecule has 0 unspecified atom stereocenters. The lowest BCUT2D eigenvalue weighted by atomic mass is 10.00. The van der Waals surface area contributed by atoms with Crippen LogP contribution in [0.4, 0.5) is 0 Å². The molecular formula is C16H28N4O. The largest absolute Gasteiger partial charge is 0.359 e. The minimum atomic E-state index is 0.392. The normalized spacial score (nSPS) is 17.6. The van der Waals surface area contributed by atoms with E-state index in [9.17, 15) is 0 Å². The van der Waals surface area contributed by atoms with E-state index in [0.717, 1.165) is 43.0 Å². The average Bonchev–Trinajstić information content (AvgIpc) is 2.93. The van der Waals surface area contributed by atoms with Crippen LogP contribution in [0.15, 0.2) is 15.6 Å². The minimum Gasteiger partial charge on any atom is -0.359 e. The first kappa shape index (κ1) is 15.9. The number of hydrogen-bond donors (Lipinski definition) is 1. The summed E-state index contributed by atoms with van der Waals surface area (Å²) in [5, 5.41) is 7.46. The first-order chi connectivity index (χ1) is 10.1. The van der Waals surface area contributed by atoms with E-state index in [4.69, 9.17) is 9.52 Å². The maximum Gasteiger partial charge on any atom is 0.194 e. The Morgan fingerprint density at radius 3 is 2.76 bits per heavy atom. The maximum atomic E-state index is 5.36. The van der Waals surface area contributed by atoms with Crippen molar-refractivity contribution < 1.29 is 4.52 Å². The van der Waals surface area contributed by atoms with Crippen LogP contribution in [0.3, 0.4) is 0 Å². The Morgan fingerprint density at radius 1 is 1.48 bits per heavy atom. The van der Waals surface area contributed by atoms with Gasteiger partial charge in [-0.25, -0.2) is 4.99 Å². The van der Waals surface area contributed by atoms with Crippen LogP contribution in [-0.2, 0) is 6.54 Å². The van der Waals surface area contributed by atoms with Gasteiger partial charge in [0.25, 0.3) is 0 Å². The lowest BCUT2D eigenvalue weighted by Gasteiger charge is -2.32. The van der Waals surface area contributed by atoms with Gasteiger partial charge in [0.1, 0.15) is 6.54 Å². The van der Waals surface area contributed by atoms with Crippen molar-refractivity contribution in [3.05, 3.63) is 17.5 Å². The van der Waals surface area contributed by atoms with Gasteiger partial charge < -0.3 is 14.7 Å². The van der Waals surface area contributed by atoms with Gasteiger partial charge in [0.15, 0.2) is 11.7 Å². The molecule has 0 aromatic carbocycles. The molecule has 1 fully saturated rings. The summed E-state index contributed by atoms with van der Waals surface area (Å²) >= 11 is 0. The van der Waals surface area contributed by atoms with Crippen LogP contribution in [0.25, 0.3) is 0 Å². The summed E-state index contributed by atoms with van der Waals surface area (Å²) in [6, 6.07) is 2.01. The van der Waals surface area contributed by atoms with Gasteiger partial charge in [-0.05, 0) is 31.6 Å². The molecule has 0 spiro atoms. The van der Waals surface area contributed by atoms with Crippen molar-refractivity contribution in [3.8, 4) is 0 Å². The Kier molecular flexibility index (Phi) is 5.65. The van der Waals surface area contributed by atoms with Crippen LogP contribution < -0.4 is 5.32 Å². The highest BCUT2D eigenvalue weighted by Crippen LogP contribution is 2.17. The molecule has 21 heavy (non-hydrogen) atoms. The molecular weight excluding hydrogens is 264 g/mol. The summed E-state index contributed by atoms with van der Waals surface area (Å²) in [6.07, 6.45) is 2.48. The Bertz CT molecular complexity index is 459. The Hall–Kier alpha value is -1.52. The molecule has 2 heterocycles. The predicted octanol–water partition coefficient (Wildman–Crippen LogP) is 3.00. The number of aromatic nitrogens is 1. The zero-order chi connectivity index (χ0) is 15.2. The summed E-state index contributed by atoms with van der Waals surface area (Å²) in [5.74, 6) is 3.04. The molecule has 1 aromatic heterocycles. The lowest BCUT2D eigenvalue weighted by molar-refractivity contribution is 0.273. The number of guanidine groups is 1. The van der Waals surface area contributed by atoms with Crippen molar-refractivity contribution in [2.75, 3.05) is 19.6 Å². The molecule has 5 heteroatoms. The van der Waals surface area contributed by atoms with E-state index >= 15 is 0 Å². The van der Waals surface area contributed by atoms with Crippen LogP contribution in [0.1, 0.15) is 57.9 Å². The zero-order valence-corrected chi connectivity index (χ0v) is 13.7. The Balaban J connectivity index is 1.99. The quantitative estimate of drug-likeness (QED) is 0.684. The van der Waals surface area contributed by atoms with Crippen molar-refractivity contribution in [1.29, 1.82) is 0 Å². The van der Waals surface area contributed by atoms with Gasteiger partial charge in [0, 0.05) is 25.7 Å². The molecule has 0 atom stereocenters. The fraction of sp³-hybridized carbons (Fsp3) is 0.750. The molecule has 0 bridgehead atoms. The molecule has 118 valence electrons. The third-order valence-electron chi connectivity index (χ3n) is 3.97. The molecule has 5 nitrogen and oxygen atoms in total. The van der Waals surface area contributed by atoms with Crippen LogP contribution in [0.2, 0.25) is 0 Å². The number of nitrogens with zero attached hydrogens (tertiary/aromatic N) is 3. The van der Waals surface area contributed by atoms with Crippen molar-refractivity contribution >= 4 is 5.96 Å². The molecule has 1 saturated heterocycles. The first-order valence-electron chi connectivity index (χ1n) is 8.08. The molecule has 2 rings (SSSR count). The lowest BCUT2D eigenvalue weighted by Crippen LogP contribution is -2.45. The Morgan fingerprint density at radius 2 is 2.19 bits per heavy atom. The van der Waals surface area contributed by atoms with Crippen LogP contribution in [0, 0.1) is 5.92 Å². The minimum absolute atomic E-state index is 0.392. The SMILES string of the molecule is CCNC(=NCc1cc(C(C)C)no1)N1CCC(C)CC1. The summed E-state index contributed by atoms with van der Waals surface area (Å²) in [7, 11) is 0. The van der Waals surface area contributed by atoms with E-state index in [1.54, 1.807) is 0 Å². The van der Waals surface area contributed by atoms with Crippen molar-refractivity contribution in [2.24, 2.45) is 10.9 Å². The van der Waals surface area contributed by atoms with Gasteiger partial charge in [0.05, 0.1) is 5.69 Å². The summed E-state index contributed by atoms with van der Waals surface area (Å²) in [6.45, 7) is 12.3. The predicted molar refractivity (Wildman–Crippen MR) is 85.4 cm³/mol. The summed E-state index contributed by atoms with van der Waals surface area (Å²) < 4.78 is 5.36. The van der Waals surface area contributed by atoms with E-state index in [1.165, 1.54) is 12.8 Å². The smallest absolute Gasteiger partial charge is 0.194 e. The third kappa shape index (κ3) is 4.48. The van der Waals surface area contributed by atoms with E-state index in [-0.39, 0.29) is 0 Å². The van der Waals surface area contributed by atoms with Gasteiger partial charge in [-0.2, -0.15) is 0 Å². The second-order valence-electron chi connectivity index (χ2n) is 6.21. The second kappa shape index (κ2) is 7.48. The number of likely N-dealkylation sites (tertiary alicyclic amines) is 1. The molecule has 0 saturated carbocycles. The highest BCUT2D eigenvalue weighted by atomic mass is 16.5. The number of rotatable bonds is 4. The molecule has 0 aliphatic carbocycles. The van der Waals surface area contributed by atoms with Gasteiger partial charge >= 0.3 is 0 Å². The number of nitrogens with one attached hydrogen (secondary N) is 1. The monoisotopic (exact) mass is 292 g/mol.